The monoisotopic (exact) mass is 204 g/mol. The molecule has 15 heavy (non-hydrogen) atoms. The first-order valence-corrected chi connectivity index (χ1v) is 4.53. The summed E-state index contributed by atoms with van der Waals surface area (Å²) in [5.41, 5.74) is 0.955. The minimum absolute atomic E-state index is 0.750. The topological polar surface area (TPSA) is 35.5 Å². The first-order chi connectivity index (χ1) is 7.33. The Morgan fingerprint density at radius 1 is 1.13 bits per heavy atom. The second-order valence-corrected chi connectivity index (χ2v) is 2.67. The van der Waals surface area contributed by atoms with Crippen LogP contribution in [-0.2, 0) is 9.47 Å². The molecule has 0 aliphatic heterocycles. The van der Waals surface area contributed by atoms with Gasteiger partial charge in [0.2, 0.25) is 0 Å². The Hall–Kier alpha value is -2.03. The highest BCUT2D eigenvalue weighted by Gasteiger charge is 1.96. The van der Waals surface area contributed by atoms with Gasteiger partial charge in [0.1, 0.15) is 0 Å². The summed E-state index contributed by atoms with van der Waals surface area (Å²) >= 11 is 0. The largest absolute Gasteiger partial charge is 0.518 e. The van der Waals surface area contributed by atoms with Crippen LogP contribution in [0.4, 0.5) is 4.79 Å². The van der Waals surface area contributed by atoms with Crippen molar-refractivity contribution < 1.29 is 14.3 Å². The Labute approximate surface area is 88.6 Å². The number of allylic oxidation sites excluding steroid dienone is 1. The lowest BCUT2D eigenvalue weighted by Crippen LogP contribution is -1.97. The Morgan fingerprint density at radius 2 is 1.80 bits per heavy atom. The van der Waals surface area contributed by atoms with Gasteiger partial charge in [0, 0.05) is 0 Å². The van der Waals surface area contributed by atoms with Crippen LogP contribution in [0.25, 0.3) is 6.08 Å². The van der Waals surface area contributed by atoms with Crippen molar-refractivity contribution in [3.63, 3.8) is 0 Å². The highest BCUT2D eigenvalue weighted by molar-refractivity contribution is 5.62. The summed E-state index contributed by atoms with van der Waals surface area (Å²) < 4.78 is 9.19. The summed E-state index contributed by atoms with van der Waals surface area (Å²) in [6.07, 6.45) is 5.08. The van der Waals surface area contributed by atoms with Gasteiger partial charge in [-0.15, -0.1) is 0 Å². The Morgan fingerprint density at radius 3 is 2.47 bits per heavy atom. The van der Waals surface area contributed by atoms with Gasteiger partial charge in [0.05, 0.1) is 12.5 Å². The number of ether oxygens (including phenoxy) is 2. The van der Waals surface area contributed by atoms with Crippen LogP contribution in [0.15, 0.2) is 48.9 Å². The van der Waals surface area contributed by atoms with Crippen LogP contribution >= 0.6 is 0 Å². The SMILES string of the molecule is CC=COC(=O)OC=Cc1ccccc1. The zero-order valence-electron chi connectivity index (χ0n) is 8.42. The Balaban J connectivity index is 2.37. The van der Waals surface area contributed by atoms with E-state index in [1.165, 1.54) is 12.5 Å². The normalized spacial score (nSPS) is 10.7. The zero-order valence-corrected chi connectivity index (χ0v) is 8.42. The highest BCUT2D eigenvalue weighted by atomic mass is 16.7. The lowest BCUT2D eigenvalue weighted by atomic mass is 10.2. The molecular weight excluding hydrogens is 192 g/mol. The third kappa shape index (κ3) is 4.67. The summed E-state index contributed by atoms with van der Waals surface area (Å²) in [4.78, 5) is 10.8. The number of hydrogen-bond donors (Lipinski definition) is 0. The fourth-order valence-corrected chi connectivity index (χ4v) is 0.884. The van der Waals surface area contributed by atoms with E-state index in [-0.39, 0.29) is 0 Å². The van der Waals surface area contributed by atoms with Crippen molar-refractivity contribution in [2.45, 2.75) is 6.92 Å². The highest BCUT2D eigenvalue weighted by Crippen LogP contribution is 2.01. The maximum absolute atomic E-state index is 10.8. The van der Waals surface area contributed by atoms with Gasteiger partial charge in [0.15, 0.2) is 0 Å². The summed E-state index contributed by atoms with van der Waals surface area (Å²) in [6.45, 7) is 1.74. The van der Waals surface area contributed by atoms with E-state index in [2.05, 4.69) is 9.47 Å². The van der Waals surface area contributed by atoms with Gasteiger partial charge in [-0.05, 0) is 18.6 Å². The molecule has 1 aromatic rings. The summed E-state index contributed by atoms with van der Waals surface area (Å²) in [7, 11) is 0. The Kier molecular flexibility index (Phi) is 4.73. The maximum Gasteiger partial charge on any atom is 0.518 e. The van der Waals surface area contributed by atoms with Crippen LogP contribution < -0.4 is 0 Å². The molecule has 0 unspecified atom stereocenters. The fourth-order valence-electron chi connectivity index (χ4n) is 0.884. The van der Waals surface area contributed by atoms with Crippen molar-refractivity contribution >= 4 is 12.2 Å². The van der Waals surface area contributed by atoms with Crippen molar-refractivity contribution in [1.29, 1.82) is 0 Å². The number of hydrogen-bond acceptors (Lipinski definition) is 3. The van der Waals surface area contributed by atoms with Gasteiger partial charge < -0.3 is 9.47 Å². The van der Waals surface area contributed by atoms with Crippen LogP contribution in [0, 0.1) is 0 Å². The minimum atomic E-state index is -0.750. The predicted octanol–water partition coefficient (Wildman–Crippen LogP) is 3.34. The molecule has 3 heteroatoms. The molecule has 0 aliphatic rings. The molecule has 0 bridgehead atoms. The smallest absolute Gasteiger partial charge is 0.403 e. The molecule has 0 amide bonds. The number of benzene rings is 1. The van der Waals surface area contributed by atoms with Crippen LogP contribution in [0.2, 0.25) is 0 Å². The predicted molar refractivity (Wildman–Crippen MR) is 57.9 cm³/mol. The third-order valence-electron chi connectivity index (χ3n) is 1.52. The van der Waals surface area contributed by atoms with E-state index in [0.29, 0.717) is 0 Å². The van der Waals surface area contributed by atoms with E-state index in [0.717, 1.165) is 5.56 Å². The van der Waals surface area contributed by atoms with E-state index < -0.39 is 6.16 Å². The van der Waals surface area contributed by atoms with Crippen LogP contribution in [-0.4, -0.2) is 6.16 Å². The molecule has 0 atom stereocenters. The molecular formula is C12H12O3. The number of carbonyl (C=O) groups is 1. The van der Waals surface area contributed by atoms with Gasteiger partial charge in [0.25, 0.3) is 0 Å². The van der Waals surface area contributed by atoms with Crippen molar-refractivity contribution in [2.75, 3.05) is 0 Å². The molecule has 0 saturated carbocycles. The van der Waals surface area contributed by atoms with Crippen LogP contribution in [0.1, 0.15) is 12.5 Å². The van der Waals surface area contributed by atoms with Crippen molar-refractivity contribution in [3.05, 3.63) is 54.5 Å². The quantitative estimate of drug-likeness (QED) is 0.559. The van der Waals surface area contributed by atoms with Crippen molar-refractivity contribution in [2.24, 2.45) is 0 Å². The first-order valence-electron chi connectivity index (χ1n) is 4.53. The summed E-state index contributed by atoms with van der Waals surface area (Å²) in [6, 6.07) is 9.52. The van der Waals surface area contributed by atoms with E-state index >= 15 is 0 Å². The molecule has 0 spiro atoms. The molecule has 78 valence electrons. The lowest BCUT2D eigenvalue weighted by Gasteiger charge is -1.95. The zero-order chi connectivity index (χ0) is 10.9. The molecule has 0 heterocycles. The van der Waals surface area contributed by atoms with E-state index in [4.69, 9.17) is 0 Å². The van der Waals surface area contributed by atoms with Gasteiger partial charge in [-0.3, -0.25) is 0 Å². The lowest BCUT2D eigenvalue weighted by molar-refractivity contribution is 0.120. The van der Waals surface area contributed by atoms with Crippen LogP contribution in [0.3, 0.4) is 0 Å². The molecule has 0 N–H and O–H groups in total. The second kappa shape index (κ2) is 6.43. The minimum Gasteiger partial charge on any atom is -0.403 e. The van der Waals surface area contributed by atoms with Gasteiger partial charge in [-0.25, -0.2) is 4.79 Å². The average Bonchev–Trinajstić information content (AvgIpc) is 2.28. The molecule has 1 rings (SSSR count). The molecule has 0 aliphatic carbocycles. The van der Waals surface area contributed by atoms with Crippen molar-refractivity contribution in [3.8, 4) is 0 Å². The van der Waals surface area contributed by atoms with E-state index in [1.54, 1.807) is 19.1 Å². The van der Waals surface area contributed by atoms with Gasteiger partial charge in [-0.2, -0.15) is 0 Å². The summed E-state index contributed by atoms with van der Waals surface area (Å²) in [5, 5.41) is 0. The van der Waals surface area contributed by atoms with E-state index in [1.807, 2.05) is 30.3 Å². The molecule has 0 radical (unpaired) electrons. The number of carbonyl (C=O) groups excluding carboxylic acids is 1. The first kappa shape index (κ1) is 11.0. The third-order valence-corrected chi connectivity index (χ3v) is 1.52. The molecule has 0 aromatic heterocycles. The van der Waals surface area contributed by atoms with Gasteiger partial charge in [-0.1, -0.05) is 36.4 Å². The van der Waals surface area contributed by atoms with Crippen molar-refractivity contribution in [1.82, 2.24) is 0 Å². The standard InChI is InChI=1S/C12H12O3/c1-2-9-14-12(13)15-10-8-11-6-4-3-5-7-11/h2-10H,1H3. The van der Waals surface area contributed by atoms with Gasteiger partial charge >= 0.3 is 6.16 Å². The van der Waals surface area contributed by atoms with E-state index in [9.17, 15) is 4.79 Å². The second-order valence-electron chi connectivity index (χ2n) is 2.67. The Bertz CT molecular complexity index is 352. The molecule has 3 nitrogen and oxygen atoms in total. The maximum atomic E-state index is 10.8. The molecule has 0 fully saturated rings. The average molecular weight is 204 g/mol. The summed E-state index contributed by atoms with van der Waals surface area (Å²) in [5.74, 6) is 0. The van der Waals surface area contributed by atoms with Crippen LogP contribution in [0.5, 0.6) is 0 Å². The molecule has 0 saturated heterocycles. The molecule has 1 aromatic carbocycles. The fraction of sp³-hybridized carbons (Fsp3) is 0.0833. The number of rotatable bonds is 3.